The van der Waals surface area contributed by atoms with Gasteiger partial charge in [0.2, 0.25) is 5.91 Å². The lowest BCUT2D eigenvalue weighted by Crippen LogP contribution is -2.33. The fourth-order valence-corrected chi connectivity index (χ4v) is 2.69. The summed E-state index contributed by atoms with van der Waals surface area (Å²) in [5, 5.41) is 2.73. The van der Waals surface area contributed by atoms with Gasteiger partial charge in [0.15, 0.2) is 0 Å². The Morgan fingerprint density at radius 1 is 1.41 bits per heavy atom. The quantitative estimate of drug-likeness (QED) is 0.851. The number of anilines is 1. The molecule has 1 N–H and O–H groups in total. The van der Waals surface area contributed by atoms with Crippen LogP contribution in [0.5, 0.6) is 0 Å². The van der Waals surface area contributed by atoms with E-state index >= 15 is 0 Å². The van der Waals surface area contributed by atoms with E-state index in [4.69, 9.17) is 9.15 Å². The highest BCUT2D eigenvalue weighted by atomic mass is 16.5. The second-order valence-electron chi connectivity index (χ2n) is 4.89. The van der Waals surface area contributed by atoms with E-state index in [0.29, 0.717) is 11.8 Å². The molecule has 1 aromatic heterocycles. The predicted octanol–water partition coefficient (Wildman–Crippen LogP) is 1.88. The Kier molecular flexibility index (Phi) is 2.63. The van der Waals surface area contributed by atoms with Crippen LogP contribution in [0.1, 0.15) is 31.4 Å². The minimum Gasteiger partial charge on any atom is -0.429 e. The van der Waals surface area contributed by atoms with Crippen molar-refractivity contribution < 1.29 is 13.9 Å². The number of carbonyl (C=O) groups is 1. The van der Waals surface area contributed by atoms with Gasteiger partial charge in [0, 0.05) is 5.92 Å². The van der Waals surface area contributed by atoms with Crippen LogP contribution in [0.4, 0.5) is 6.01 Å². The van der Waals surface area contributed by atoms with Crippen molar-refractivity contribution in [2.45, 2.75) is 44.8 Å². The van der Waals surface area contributed by atoms with Crippen LogP contribution in [0.25, 0.3) is 0 Å². The van der Waals surface area contributed by atoms with E-state index in [9.17, 15) is 4.79 Å². The normalized spacial score (nSPS) is 31.5. The van der Waals surface area contributed by atoms with Crippen molar-refractivity contribution in [3.8, 4) is 0 Å². The van der Waals surface area contributed by atoms with Gasteiger partial charge < -0.3 is 9.15 Å². The van der Waals surface area contributed by atoms with E-state index in [1.807, 2.05) is 0 Å². The summed E-state index contributed by atoms with van der Waals surface area (Å²) in [5.74, 6) is 0.743. The molecule has 2 aliphatic heterocycles. The number of hydrogen-bond acceptors (Lipinski definition) is 4. The standard InChI is InChI=1S/C12H16N2O3/c1-7-6-13-12(16-7)14-11(15)8-4-9-2-3-10(5-8)17-9/h6,8-10H,2-5H2,1H3,(H,13,14,15)/t8?,9-,10+. The number of nitrogens with zero attached hydrogens (tertiary/aromatic N) is 1. The third-order valence-electron chi connectivity index (χ3n) is 3.51. The molecule has 3 rings (SSSR count). The molecule has 1 aromatic rings. The minimum absolute atomic E-state index is 0.00653. The third-order valence-corrected chi connectivity index (χ3v) is 3.51. The highest BCUT2D eigenvalue weighted by Gasteiger charge is 2.38. The zero-order valence-corrected chi connectivity index (χ0v) is 9.81. The lowest BCUT2D eigenvalue weighted by molar-refractivity contribution is -0.125. The molecular formula is C12H16N2O3. The van der Waals surface area contributed by atoms with Crippen LogP contribution >= 0.6 is 0 Å². The average Bonchev–Trinajstić information content (AvgIpc) is 2.85. The summed E-state index contributed by atoms with van der Waals surface area (Å²) in [6.07, 6.45) is 5.97. The van der Waals surface area contributed by atoms with Gasteiger partial charge in [-0.25, -0.2) is 4.98 Å². The molecule has 2 aliphatic rings. The van der Waals surface area contributed by atoms with Crippen LogP contribution in [0.3, 0.4) is 0 Å². The van der Waals surface area contributed by atoms with Crippen molar-refractivity contribution in [1.29, 1.82) is 0 Å². The van der Waals surface area contributed by atoms with E-state index < -0.39 is 0 Å². The van der Waals surface area contributed by atoms with Crippen molar-refractivity contribution >= 4 is 11.9 Å². The van der Waals surface area contributed by atoms with Gasteiger partial charge >= 0.3 is 6.01 Å². The number of rotatable bonds is 2. The largest absolute Gasteiger partial charge is 0.429 e. The molecule has 5 heteroatoms. The number of hydrogen-bond donors (Lipinski definition) is 1. The number of aromatic nitrogens is 1. The first-order valence-electron chi connectivity index (χ1n) is 6.09. The molecule has 1 amide bonds. The third kappa shape index (κ3) is 2.20. The van der Waals surface area contributed by atoms with Gasteiger partial charge in [0.05, 0.1) is 18.4 Å². The van der Waals surface area contributed by atoms with Gasteiger partial charge in [0.25, 0.3) is 0 Å². The summed E-state index contributed by atoms with van der Waals surface area (Å²) in [6, 6.07) is 0.298. The van der Waals surface area contributed by atoms with Crippen LogP contribution in [0.2, 0.25) is 0 Å². The second kappa shape index (κ2) is 4.14. The van der Waals surface area contributed by atoms with Gasteiger partial charge in [-0.2, -0.15) is 0 Å². The number of fused-ring (bicyclic) bond motifs is 2. The Hall–Kier alpha value is -1.36. The Morgan fingerprint density at radius 3 is 2.71 bits per heavy atom. The van der Waals surface area contributed by atoms with E-state index in [0.717, 1.165) is 25.7 Å². The zero-order valence-electron chi connectivity index (χ0n) is 9.81. The number of amides is 1. The van der Waals surface area contributed by atoms with Crippen LogP contribution in [0, 0.1) is 12.8 Å². The lowest BCUT2D eigenvalue weighted by atomic mass is 9.95. The minimum atomic E-state index is 0.00653. The van der Waals surface area contributed by atoms with Crippen LogP contribution in [0.15, 0.2) is 10.6 Å². The monoisotopic (exact) mass is 236 g/mol. The Labute approximate surface area is 99.5 Å². The molecule has 0 radical (unpaired) electrons. The van der Waals surface area contributed by atoms with Crippen molar-refractivity contribution in [2.24, 2.45) is 5.92 Å². The van der Waals surface area contributed by atoms with Gasteiger partial charge in [-0.15, -0.1) is 0 Å². The summed E-state index contributed by atoms with van der Waals surface area (Å²) in [7, 11) is 0. The van der Waals surface area contributed by atoms with Gasteiger partial charge in [-0.1, -0.05) is 0 Å². The molecule has 1 unspecified atom stereocenters. The summed E-state index contributed by atoms with van der Waals surface area (Å²) >= 11 is 0. The SMILES string of the molecule is Cc1cnc(NC(=O)C2C[C@H]3CC[C@@H](C2)O3)o1. The van der Waals surface area contributed by atoms with E-state index in [1.165, 1.54) is 0 Å². The van der Waals surface area contributed by atoms with Crippen LogP contribution < -0.4 is 5.32 Å². The molecule has 0 aliphatic carbocycles. The predicted molar refractivity (Wildman–Crippen MR) is 60.5 cm³/mol. The molecule has 5 nitrogen and oxygen atoms in total. The summed E-state index contributed by atoms with van der Waals surface area (Å²) in [4.78, 5) is 16.0. The first-order chi connectivity index (χ1) is 8.20. The molecule has 3 atom stereocenters. The first-order valence-corrected chi connectivity index (χ1v) is 6.09. The van der Waals surface area contributed by atoms with Gasteiger partial charge in [-0.05, 0) is 32.6 Å². The van der Waals surface area contributed by atoms with Crippen LogP contribution in [-0.4, -0.2) is 23.1 Å². The number of ether oxygens (including phenoxy) is 1. The molecule has 2 bridgehead atoms. The fraction of sp³-hybridized carbons (Fsp3) is 0.667. The van der Waals surface area contributed by atoms with Crippen LogP contribution in [-0.2, 0) is 9.53 Å². The maximum Gasteiger partial charge on any atom is 0.301 e. The van der Waals surface area contributed by atoms with Crippen molar-refractivity contribution in [1.82, 2.24) is 4.98 Å². The Bertz CT molecular complexity index is 417. The topological polar surface area (TPSA) is 64.4 Å². The number of oxazole rings is 1. The molecule has 0 aromatic carbocycles. The zero-order chi connectivity index (χ0) is 11.8. The molecule has 0 saturated carbocycles. The van der Waals surface area contributed by atoms with E-state index in [2.05, 4.69) is 10.3 Å². The maximum atomic E-state index is 12.0. The Balaban J connectivity index is 1.63. The summed E-state index contributed by atoms with van der Waals surface area (Å²) in [5.41, 5.74) is 0. The summed E-state index contributed by atoms with van der Waals surface area (Å²) in [6.45, 7) is 1.80. The molecular weight excluding hydrogens is 220 g/mol. The fourth-order valence-electron chi connectivity index (χ4n) is 2.69. The molecule has 2 saturated heterocycles. The highest BCUT2D eigenvalue weighted by Crippen LogP contribution is 2.36. The highest BCUT2D eigenvalue weighted by molar-refractivity contribution is 5.90. The molecule has 92 valence electrons. The van der Waals surface area contributed by atoms with E-state index in [1.54, 1.807) is 13.1 Å². The Morgan fingerprint density at radius 2 is 2.12 bits per heavy atom. The maximum absolute atomic E-state index is 12.0. The van der Waals surface area contributed by atoms with E-state index in [-0.39, 0.29) is 24.0 Å². The molecule has 3 heterocycles. The smallest absolute Gasteiger partial charge is 0.301 e. The second-order valence-corrected chi connectivity index (χ2v) is 4.89. The number of nitrogens with one attached hydrogen (secondary N) is 1. The first kappa shape index (κ1) is 10.8. The molecule has 2 fully saturated rings. The average molecular weight is 236 g/mol. The van der Waals surface area contributed by atoms with Gasteiger partial charge in [-0.3, -0.25) is 10.1 Å². The van der Waals surface area contributed by atoms with Crippen molar-refractivity contribution in [2.75, 3.05) is 5.32 Å². The lowest BCUT2D eigenvalue weighted by Gasteiger charge is -2.26. The van der Waals surface area contributed by atoms with Gasteiger partial charge in [0.1, 0.15) is 5.76 Å². The number of aryl methyl sites for hydroxylation is 1. The molecule has 0 spiro atoms. The molecule has 17 heavy (non-hydrogen) atoms. The number of carbonyl (C=O) groups excluding carboxylic acids is 1. The van der Waals surface area contributed by atoms with Crippen molar-refractivity contribution in [3.63, 3.8) is 0 Å². The van der Waals surface area contributed by atoms with Crippen molar-refractivity contribution in [3.05, 3.63) is 12.0 Å². The summed E-state index contributed by atoms with van der Waals surface area (Å²) < 4.78 is 11.0.